The third-order valence-corrected chi connectivity index (χ3v) is 5.64. The van der Waals surface area contributed by atoms with Crippen LogP contribution < -0.4 is 0 Å². The van der Waals surface area contributed by atoms with Crippen molar-refractivity contribution in [2.45, 2.75) is 63.4 Å². The fraction of sp³-hybridized carbons (Fsp3) is 0.933. The fourth-order valence-electron chi connectivity index (χ4n) is 4.59. The number of carbonyl (C=O) groups is 1. The molecule has 0 amide bonds. The summed E-state index contributed by atoms with van der Waals surface area (Å²) in [6, 6.07) is 0. The molecule has 0 saturated heterocycles. The number of ketones is 1. The number of hydrogen-bond acceptors (Lipinski definition) is 2. The first-order valence-corrected chi connectivity index (χ1v) is 7.32. The van der Waals surface area contributed by atoms with E-state index in [0.29, 0.717) is 11.7 Å². The lowest BCUT2D eigenvalue weighted by Crippen LogP contribution is -2.39. The molecule has 3 atom stereocenters. The molecule has 3 fully saturated rings. The van der Waals surface area contributed by atoms with Gasteiger partial charge in [0.1, 0.15) is 5.60 Å². The molecule has 96 valence electrons. The van der Waals surface area contributed by atoms with Crippen LogP contribution in [-0.2, 0) is 9.53 Å². The number of rotatable bonds is 4. The van der Waals surface area contributed by atoms with Crippen molar-refractivity contribution in [2.24, 2.45) is 17.8 Å². The molecule has 3 saturated carbocycles. The second-order valence-corrected chi connectivity index (χ2v) is 6.47. The maximum absolute atomic E-state index is 12.5. The van der Waals surface area contributed by atoms with Crippen LogP contribution in [0.25, 0.3) is 0 Å². The first kappa shape index (κ1) is 11.7. The van der Waals surface area contributed by atoms with Crippen molar-refractivity contribution in [3.8, 4) is 0 Å². The Labute approximate surface area is 104 Å². The van der Waals surface area contributed by atoms with Gasteiger partial charge in [-0.3, -0.25) is 4.79 Å². The number of carbonyl (C=O) groups excluding carboxylic acids is 1. The van der Waals surface area contributed by atoms with Gasteiger partial charge >= 0.3 is 0 Å². The van der Waals surface area contributed by atoms with Crippen LogP contribution in [0.5, 0.6) is 0 Å². The van der Waals surface area contributed by atoms with Crippen LogP contribution in [0.15, 0.2) is 0 Å². The molecule has 2 heteroatoms. The molecule has 2 bridgehead atoms. The van der Waals surface area contributed by atoms with Crippen molar-refractivity contribution in [3.63, 3.8) is 0 Å². The van der Waals surface area contributed by atoms with Crippen LogP contribution in [-0.4, -0.2) is 18.5 Å². The molecular formula is C15H24O2. The molecule has 0 aromatic rings. The molecule has 3 aliphatic carbocycles. The molecule has 0 N–H and O–H groups in total. The summed E-state index contributed by atoms with van der Waals surface area (Å²) in [6.07, 6.45) is 10.6. The average molecular weight is 236 g/mol. The van der Waals surface area contributed by atoms with E-state index in [1.807, 2.05) is 0 Å². The summed E-state index contributed by atoms with van der Waals surface area (Å²) in [5.41, 5.74) is -0.387. The van der Waals surface area contributed by atoms with Crippen LogP contribution in [0.4, 0.5) is 0 Å². The van der Waals surface area contributed by atoms with Gasteiger partial charge in [0, 0.05) is 13.5 Å². The molecule has 0 aliphatic heterocycles. The van der Waals surface area contributed by atoms with E-state index >= 15 is 0 Å². The Morgan fingerprint density at radius 1 is 1.24 bits per heavy atom. The smallest absolute Gasteiger partial charge is 0.164 e. The van der Waals surface area contributed by atoms with Crippen molar-refractivity contribution in [2.75, 3.05) is 7.11 Å². The predicted octanol–water partition coefficient (Wildman–Crippen LogP) is 3.34. The van der Waals surface area contributed by atoms with Crippen molar-refractivity contribution in [1.29, 1.82) is 0 Å². The fourth-order valence-corrected chi connectivity index (χ4v) is 4.59. The Bertz CT molecular complexity index is 304. The lowest BCUT2D eigenvalue weighted by molar-refractivity contribution is -0.141. The Kier molecular flexibility index (Phi) is 3.02. The van der Waals surface area contributed by atoms with Gasteiger partial charge in [-0.2, -0.15) is 0 Å². The quantitative estimate of drug-likeness (QED) is 0.748. The summed E-state index contributed by atoms with van der Waals surface area (Å²) in [7, 11) is 1.73. The van der Waals surface area contributed by atoms with Crippen LogP contribution >= 0.6 is 0 Å². The van der Waals surface area contributed by atoms with Gasteiger partial charge in [-0.05, 0) is 62.7 Å². The molecule has 3 unspecified atom stereocenters. The third kappa shape index (κ3) is 1.95. The van der Waals surface area contributed by atoms with Gasteiger partial charge in [0.2, 0.25) is 0 Å². The maximum atomic E-state index is 12.5. The monoisotopic (exact) mass is 236 g/mol. The lowest BCUT2D eigenvalue weighted by atomic mass is 9.81. The van der Waals surface area contributed by atoms with Gasteiger partial charge in [0.25, 0.3) is 0 Å². The van der Waals surface area contributed by atoms with Crippen molar-refractivity contribution in [3.05, 3.63) is 0 Å². The second-order valence-electron chi connectivity index (χ2n) is 6.47. The predicted molar refractivity (Wildman–Crippen MR) is 66.8 cm³/mol. The molecule has 3 aliphatic rings. The minimum Gasteiger partial charge on any atom is -0.370 e. The zero-order valence-electron chi connectivity index (χ0n) is 10.9. The summed E-state index contributed by atoms with van der Waals surface area (Å²) >= 11 is 0. The van der Waals surface area contributed by atoms with Gasteiger partial charge in [-0.25, -0.2) is 0 Å². The SMILES string of the molecule is COC1(C(=O)CC2CC3CCC2C3)CCCC1. The normalized spacial score (nSPS) is 38.8. The zero-order valence-corrected chi connectivity index (χ0v) is 10.9. The summed E-state index contributed by atoms with van der Waals surface area (Å²) in [5, 5.41) is 0. The van der Waals surface area contributed by atoms with E-state index in [1.54, 1.807) is 7.11 Å². The second kappa shape index (κ2) is 4.38. The summed E-state index contributed by atoms with van der Waals surface area (Å²) in [6.45, 7) is 0. The summed E-state index contributed by atoms with van der Waals surface area (Å²) in [4.78, 5) is 12.5. The zero-order chi connectivity index (χ0) is 11.9. The van der Waals surface area contributed by atoms with Gasteiger partial charge in [-0.1, -0.05) is 6.42 Å². The minimum atomic E-state index is -0.387. The molecule has 0 spiro atoms. The molecule has 3 rings (SSSR count). The molecule has 2 nitrogen and oxygen atoms in total. The highest BCUT2D eigenvalue weighted by atomic mass is 16.5. The summed E-state index contributed by atoms with van der Waals surface area (Å²) < 4.78 is 5.60. The van der Waals surface area contributed by atoms with E-state index < -0.39 is 0 Å². The van der Waals surface area contributed by atoms with E-state index in [9.17, 15) is 4.79 Å². The number of hydrogen-bond donors (Lipinski definition) is 0. The number of methoxy groups -OCH3 is 1. The van der Waals surface area contributed by atoms with Crippen LogP contribution in [0, 0.1) is 17.8 Å². The topological polar surface area (TPSA) is 26.3 Å². The average Bonchev–Trinajstić information content (AvgIpc) is 3.05. The van der Waals surface area contributed by atoms with Gasteiger partial charge < -0.3 is 4.74 Å². The van der Waals surface area contributed by atoms with Crippen molar-refractivity contribution in [1.82, 2.24) is 0 Å². The molecule has 0 aromatic carbocycles. The molecule has 0 aromatic heterocycles. The van der Waals surface area contributed by atoms with E-state index in [2.05, 4.69) is 0 Å². The first-order chi connectivity index (χ1) is 8.23. The Balaban J connectivity index is 1.63. The molecule has 0 heterocycles. The van der Waals surface area contributed by atoms with Crippen LogP contribution in [0.3, 0.4) is 0 Å². The Morgan fingerprint density at radius 2 is 2.00 bits per heavy atom. The highest BCUT2D eigenvalue weighted by Gasteiger charge is 2.45. The van der Waals surface area contributed by atoms with E-state index in [0.717, 1.165) is 43.9 Å². The molecular weight excluding hydrogens is 212 g/mol. The van der Waals surface area contributed by atoms with E-state index in [1.165, 1.54) is 25.7 Å². The van der Waals surface area contributed by atoms with Gasteiger partial charge in [0.15, 0.2) is 5.78 Å². The largest absolute Gasteiger partial charge is 0.370 e. The highest BCUT2D eigenvalue weighted by Crippen LogP contribution is 2.50. The number of ether oxygens (including phenoxy) is 1. The van der Waals surface area contributed by atoms with Crippen LogP contribution in [0.1, 0.15) is 57.8 Å². The highest BCUT2D eigenvalue weighted by molar-refractivity contribution is 5.87. The van der Waals surface area contributed by atoms with E-state index in [-0.39, 0.29) is 5.60 Å². The van der Waals surface area contributed by atoms with Crippen LogP contribution in [0.2, 0.25) is 0 Å². The maximum Gasteiger partial charge on any atom is 0.164 e. The number of fused-ring (bicyclic) bond motifs is 2. The minimum absolute atomic E-state index is 0.387. The van der Waals surface area contributed by atoms with Gasteiger partial charge in [0.05, 0.1) is 0 Å². The van der Waals surface area contributed by atoms with Gasteiger partial charge in [-0.15, -0.1) is 0 Å². The van der Waals surface area contributed by atoms with Crippen molar-refractivity contribution < 1.29 is 9.53 Å². The lowest BCUT2D eigenvalue weighted by Gasteiger charge is -2.29. The first-order valence-electron chi connectivity index (χ1n) is 7.32. The Morgan fingerprint density at radius 3 is 2.53 bits per heavy atom. The molecule has 17 heavy (non-hydrogen) atoms. The standard InChI is InChI=1S/C15H24O2/c1-17-15(6-2-3-7-15)14(16)10-13-9-11-4-5-12(13)8-11/h11-13H,2-10H2,1H3. The van der Waals surface area contributed by atoms with Crippen molar-refractivity contribution >= 4 is 5.78 Å². The van der Waals surface area contributed by atoms with E-state index in [4.69, 9.17) is 4.74 Å². The third-order valence-electron chi connectivity index (χ3n) is 5.64. The summed E-state index contributed by atoms with van der Waals surface area (Å²) in [5.74, 6) is 2.91. The Hall–Kier alpha value is -0.370. The molecule has 0 radical (unpaired) electrons. The number of Topliss-reactive ketones (excluding diaryl/α,β-unsaturated/α-hetero) is 1.